The van der Waals surface area contributed by atoms with E-state index in [1.807, 2.05) is 0 Å². The Balaban J connectivity index is 1.90. The molecule has 0 bridgehead atoms. The van der Waals surface area contributed by atoms with Crippen molar-refractivity contribution in [3.8, 4) is 0 Å². The molecule has 1 aliphatic carbocycles. The molecule has 0 saturated heterocycles. The second kappa shape index (κ2) is 6.90. The van der Waals surface area contributed by atoms with Crippen molar-refractivity contribution in [2.24, 2.45) is 5.73 Å². The number of nitrogens with two attached hydrogens (primary N) is 1. The number of carbonyl (C=O) groups is 1. The Kier molecular flexibility index (Phi) is 5.20. The first-order valence-corrected chi connectivity index (χ1v) is 7.73. The van der Waals surface area contributed by atoms with Crippen molar-refractivity contribution < 1.29 is 4.79 Å². The van der Waals surface area contributed by atoms with Crippen molar-refractivity contribution >= 4 is 17.2 Å². The first kappa shape index (κ1) is 13.6. The molecule has 2 rings (SSSR count). The maximum atomic E-state index is 12.0. The standard InChI is InChI=1S/C14H22N2OS/c15-8-4-5-9-16-14(17)13-10-11-6-2-1-3-7-12(11)18-13/h10H,1-9,15H2,(H,16,17). The summed E-state index contributed by atoms with van der Waals surface area (Å²) < 4.78 is 0. The summed E-state index contributed by atoms with van der Waals surface area (Å²) in [4.78, 5) is 14.3. The van der Waals surface area contributed by atoms with Crippen LogP contribution in [0.1, 0.15) is 52.2 Å². The Morgan fingerprint density at radius 3 is 2.94 bits per heavy atom. The van der Waals surface area contributed by atoms with Gasteiger partial charge in [-0.05, 0) is 56.7 Å². The first-order chi connectivity index (χ1) is 8.81. The second-order valence-electron chi connectivity index (χ2n) is 4.87. The highest BCUT2D eigenvalue weighted by Gasteiger charge is 2.15. The van der Waals surface area contributed by atoms with E-state index in [9.17, 15) is 4.79 Å². The molecule has 18 heavy (non-hydrogen) atoms. The second-order valence-corrected chi connectivity index (χ2v) is 6.01. The number of thiophene rings is 1. The Morgan fingerprint density at radius 2 is 2.11 bits per heavy atom. The molecule has 0 unspecified atom stereocenters. The molecule has 1 aromatic rings. The number of nitrogens with one attached hydrogen (secondary N) is 1. The van der Waals surface area contributed by atoms with Crippen LogP contribution in [-0.4, -0.2) is 19.0 Å². The lowest BCUT2D eigenvalue weighted by Crippen LogP contribution is -2.24. The molecule has 1 amide bonds. The summed E-state index contributed by atoms with van der Waals surface area (Å²) >= 11 is 1.68. The van der Waals surface area contributed by atoms with E-state index in [2.05, 4.69) is 11.4 Å². The molecule has 0 atom stereocenters. The van der Waals surface area contributed by atoms with Gasteiger partial charge in [-0.3, -0.25) is 4.79 Å². The topological polar surface area (TPSA) is 55.1 Å². The summed E-state index contributed by atoms with van der Waals surface area (Å²) in [5.74, 6) is 0.0881. The molecule has 1 aromatic heterocycles. The van der Waals surface area contributed by atoms with Gasteiger partial charge in [0.25, 0.3) is 5.91 Å². The van der Waals surface area contributed by atoms with E-state index >= 15 is 0 Å². The highest BCUT2D eigenvalue weighted by molar-refractivity contribution is 7.14. The van der Waals surface area contributed by atoms with Gasteiger partial charge in [-0.2, -0.15) is 0 Å². The maximum Gasteiger partial charge on any atom is 0.261 e. The zero-order chi connectivity index (χ0) is 12.8. The van der Waals surface area contributed by atoms with E-state index in [4.69, 9.17) is 5.73 Å². The van der Waals surface area contributed by atoms with E-state index in [-0.39, 0.29) is 5.91 Å². The molecule has 3 N–H and O–H groups in total. The maximum absolute atomic E-state index is 12.0. The van der Waals surface area contributed by atoms with Crippen molar-refractivity contribution in [1.29, 1.82) is 0 Å². The highest BCUT2D eigenvalue weighted by Crippen LogP contribution is 2.28. The lowest BCUT2D eigenvalue weighted by molar-refractivity contribution is 0.0957. The van der Waals surface area contributed by atoms with Crippen molar-refractivity contribution in [1.82, 2.24) is 5.32 Å². The fraction of sp³-hybridized carbons (Fsp3) is 0.643. The van der Waals surface area contributed by atoms with Crippen molar-refractivity contribution in [3.63, 3.8) is 0 Å². The lowest BCUT2D eigenvalue weighted by Gasteiger charge is -2.02. The predicted octanol–water partition coefficient (Wildman–Crippen LogP) is 2.49. The van der Waals surface area contributed by atoms with Gasteiger partial charge in [0, 0.05) is 11.4 Å². The van der Waals surface area contributed by atoms with Crippen LogP contribution in [0.25, 0.3) is 0 Å². The van der Waals surface area contributed by atoms with Crippen LogP contribution < -0.4 is 11.1 Å². The fourth-order valence-electron chi connectivity index (χ4n) is 2.34. The molecule has 0 aliphatic heterocycles. The smallest absolute Gasteiger partial charge is 0.261 e. The van der Waals surface area contributed by atoms with Crippen LogP contribution in [0, 0.1) is 0 Å². The van der Waals surface area contributed by atoms with Gasteiger partial charge in [0.15, 0.2) is 0 Å². The normalized spacial score (nSPS) is 14.9. The molecule has 0 spiro atoms. The lowest BCUT2D eigenvalue weighted by atomic mass is 10.1. The van der Waals surface area contributed by atoms with E-state index in [0.717, 1.165) is 37.1 Å². The molecule has 100 valence electrons. The monoisotopic (exact) mass is 266 g/mol. The Hall–Kier alpha value is -0.870. The summed E-state index contributed by atoms with van der Waals surface area (Å²) in [6.45, 7) is 1.43. The van der Waals surface area contributed by atoms with E-state index < -0.39 is 0 Å². The number of fused-ring (bicyclic) bond motifs is 1. The van der Waals surface area contributed by atoms with E-state index in [0.29, 0.717) is 6.54 Å². The minimum Gasteiger partial charge on any atom is -0.351 e. The van der Waals surface area contributed by atoms with Gasteiger partial charge in [0.1, 0.15) is 0 Å². The third-order valence-corrected chi connectivity index (χ3v) is 4.62. The molecule has 0 fully saturated rings. The molecular weight excluding hydrogens is 244 g/mol. The van der Waals surface area contributed by atoms with Crippen molar-refractivity contribution in [2.75, 3.05) is 13.1 Å². The largest absolute Gasteiger partial charge is 0.351 e. The van der Waals surface area contributed by atoms with Gasteiger partial charge in [-0.25, -0.2) is 0 Å². The van der Waals surface area contributed by atoms with Crippen LogP contribution in [0.2, 0.25) is 0 Å². The van der Waals surface area contributed by atoms with Gasteiger partial charge >= 0.3 is 0 Å². The zero-order valence-electron chi connectivity index (χ0n) is 10.8. The van der Waals surface area contributed by atoms with Crippen LogP contribution >= 0.6 is 11.3 Å². The summed E-state index contributed by atoms with van der Waals surface area (Å²) in [7, 11) is 0. The molecule has 4 heteroatoms. The summed E-state index contributed by atoms with van der Waals surface area (Å²) in [5.41, 5.74) is 6.83. The average Bonchev–Trinajstić information content (AvgIpc) is 2.66. The number of aryl methyl sites for hydroxylation is 2. The van der Waals surface area contributed by atoms with Crippen LogP contribution in [-0.2, 0) is 12.8 Å². The predicted molar refractivity (Wildman–Crippen MR) is 76.2 cm³/mol. The van der Waals surface area contributed by atoms with Gasteiger partial charge in [-0.1, -0.05) is 6.42 Å². The van der Waals surface area contributed by atoms with Crippen LogP contribution in [0.5, 0.6) is 0 Å². The minimum absolute atomic E-state index is 0.0881. The number of unbranched alkanes of at least 4 members (excludes halogenated alkanes) is 1. The zero-order valence-corrected chi connectivity index (χ0v) is 11.7. The first-order valence-electron chi connectivity index (χ1n) is 6.91. The number of hydrogen-bond acceptors (Lipinski definition) is 3. The summed E-state index contributed by atoms with van der Waals surface area (Å²) in [5, 5.41) is 2.97. The molecule has 1 aliphatic rings. The Morgan fingerprint density at radius 1 is 1.28 bits per heavy atom. The van der Waals surface area contributed by atoms with Crippen LogP contribution in [0.3, 0.4) is 0 Å². The quantitative estimate of drug-likeness (QED) is 0.635. The molecule has 0 aromatic carbocycles. The third-order valence-electron chi connectivity index (χ3n) is 3.39. The van der Waals surface area contributed by atoms with Gasteiger partial charge in [0.2, 0.25) is 0 Å². The SMILES string of the molecule is NCCCCNC(=O)c1cc2c(s1)CCCCC2. The number of hydrogen-bond donors (Lipinski definition) is 2. The van der Waals surface area contributed by atoms with E-state index in [1.54, 1.807) is 11.3 Å². The molecule has 1 heterocycles. The molecular formula is C14H22N2OS. The highest BCUT2D eigenvalue weighted by atomic mass is 32.1. The van der Waals surface area contributed by atoms with Crippen LogP contribution in [0.4, 0.5) is 0 Å². The van der Waals surface area contributed by atoms with Crippen LogP contribution in [0.15, 0.2) is 6.07 Å². The minimum atomic E-state index is 0.0881. The molecule has 0 radical (unpaired) electrons. The van der Waals surface area contributed by atoms with Gasteiger partial charge in [-0.15, -0.1) is 11.3 Å². The average molecular weight is 266 g/mol. The third kappa shape index (κ3) is 3.56. The number of rotatable bonds is 5. The number of amides is 1. The molecule has 3 nitrogen and oxygen atoms in total. The fourth-order valence-corrected chi connectivity index (χ4v) is 3.51. The Bertz CT molecular complexity index is 377. The molecule has 0 saturated carbocycles. The summed E-state index contributed by atoms with van der Waals surface area (Å²) in [6, 6.07) is 2.10. The van der Waals surface area contributed by atoms with Crippen molar-refractivity contribution in [3.05, 3.63) is 21.4 Å². The Labute approximate surface area is 113 Å². The van der Waals surface area contributed by atoms with Gasteiger partial charge in [0.05, 0.1) is 4.88 Å². The number of carbonyl (C=O) groups excluding carboxylic acids is 1. The van der Waals surface area contributed by atoms with Crippen molar-refractivity contribution in [2.45, 2.75) is 44.9 Å². The van der Waals surface area contributed by atoms with E-state index in [1.165, 1.54) is 29.7 Å². The van der Waals surface area contributed by atoms with Gasteiger partial charge < -0.3 is 11.1 Å². The summed E-state index contributed by atoms with van der Waals surface area (Å²) in [6.07, 6.45) is 8.09.